The van der Waals surface area contributed by atoms with Crippen molar-refractivity contribution in [2.75, 3.05) is 0 Å². The molecule has 41 heavy (non-hydrogen) atoms. The molecule has 0 bridgehead atoms. The van der Waals surface area contributed by atoms with Crippen LogP contribution in [0.1, 0.15) is 100.0 Å². The van der Waals surface area contributed by atoms with Crippen molar-refractivity contribution < 1.29 is 48.0 Å². The third-order valence-corrected chi connectivity index (χ3v) is 7.20. The summed E-state index contributed by atoms with van der Waals surface area (Å²) in [6, 6.07) is 2.81. The highest BCUT2D eigenvalue weighted by atomic mass is 16.8. The number of ether oxygens (including phenoxy) is 5. The van der Waals surface area contributed by atoms with Crippen LogP contribution in [0.25, 0.3) is 0 Å². The van der Waals surface area contributed by atoms with Gasteiger partial charge in [-0.25, -0.2) is 9.59 Å². The van der Waals surface area contributed by atoms with Crippen molar-refractivity contribution in [3.05, 3.63) is 23.8 Å². The number of rotatable bonds is 14. The third kappa shape index (κ3) is 11.6. The van der Waals surface area contributed by atoms with E-state index in [9.17, 15) is 24.3 Å². The first-order valence-corrected chi connectivity index (χ1v) is 14.0. The lowest BCUT2D eigenvalue weighted by Crippen LogP contribution is -2.38. The standard InChI is InChI=1S/C30H47NO10/c1-11-29(7,8)40-27(35)38-22-14-13-20(16-23(22)39-28(36)41-30(9,10)12-2)21(24(31)25(32)33)15-18(5)37-26(34)19(6)17(3)4/h13-14,16-19,21,24H,11-12,15,31H2,1-10H3,(H,32,33)/t18?,19?,21?,24-/m0/s1. The summed E-state index contributed by atoms with van der Waals surface area (Å²) in [5, 5.41) is 9.72. The van der Waals surface area contributed by atoms with E-state index in [1.807, 2.05) is 27.7 Å². The molecule has 3 N–H and O–H groups in total. The molecule has 1 aromatic rings. The molecule has 11 heteroatoms. The van der Waals surface area contributed by atoms with Gasteiger partial charge >= 0.3 is 24.2 Å². The number of hydrogen-bond donors (Lipinski definition) is 2. The van der Waals surface area contributed by atoms with Gasteiger partial charge in [-0.15, -0.1) is 0 Å². The molecule has 0 saturated carbocycles. The number of nitrogens with two attached hydrogens (primary N) is 1. The highest BCUT2D eigenvalue weighted by Crippen LogP contribution is 2.36. The summed E-state index contributed by atoms with van der Waals surface area (Å²) in [7, 11) is 0. The first-order chi connectivity index (χ1) is 18.8. The highest BCUT2D eigenvalue weighted by Gasteiger charge is 2.32. The van der Waals surface area contributed by atoms with E-state index >= 15 is 0 Å². The highest BCUT2D eigenvalue weighted by molar-refractivity contribution is 5.75. The number of carbonyl (C=O) groups is 4. The zero-order valence-corrected chi connectivity index (χ0v) is 25.9. The van der Waals surface area contributed by atoms with Crippen LogP contribution in [-0.2, 0) is 23.8 Å². The molecule has 0 spiro atoms. The number of carboxylic acid groups (broad SMARTS) is 1. The van der Waals surface area contributed by atoms with Crippen molar-refractivity contribution in [3.63, 3.8) is 0 Å². The monoisotopic (exact) mass is 581 g/mol. The number of carbonyl (C=O) groups excluding carboxylic acids is 3. The summed E-state index contributed by atoms with van der Waals surface area (Å²) in [6.07, 6.45) is -1.66. The van der Waals surface area contributed by atoms with E-state index in [2.05, 4.69) is 0 Å². The maximum absolute atomic E-state index is 12.6. The lowest BCUT2D eigenvalue weighted by molar-refractivity contribution is -0.154. The van der Waals surface area contributed by atoms with Gasteiger partial charge in [0.05, 0.1) is 12.0 Å². The van der Waals surface area contributed by atoms with Crippen molar-refractivity contribution in [3.8, 4) is 11.5 Å². The van der Waals surface area contributed by atoms with E-state index in [1.54, 1.807) is 41.5 Å². The van der Waals surface area contributed by atoms with Gasteiger partial charge in [0.25, 0.3) is 0 Å². The van der Waals surface area contributed by atoms with E-state index in [1.165, 1.54) is 18.2 Å². The summed E-state index contributed by atoms with van der Waals surface area (Å²) < 4.78 is 27.1. The summed E-state index contributed by atoms with van der Waals surface area (Å²) in [5.74, 6) is -3.19. The van der Waals surface area contributed by atoms with E-state index < -0.39 is 53.5 Å². The second kappa shape index (κ2) is 15.0. The van der Waals surface area contributed by atoms with Crippen molar-refractivity contribution >= 4 is 24.2 Å². The molecule has 0 aliphatic carbocycles. The lowest BCUT2D eigenvalue weighted by Gasteiger charge is -2.27. The second-order valence-corrected chi connectivity index (χ2v) is 11.8. The van der Waals surface area contributed by atoms with Gasteiger partial charge in [-0.2, -0.15) is 0 Å². The normalized spacial score (nSPS) is 14.8. The summed E-state index contributed by atoms with van der Waals surface area (Å²) in [5.41, 5.74) is 4.78. The van der Waals surface area contributed by atoms with Crippen LogP contribution in [-0.4, -0.2) is 52.7 Å². The van der Waals surface area contributed by atoms with Crippen molar-refractivity contribution in [1.82, 2.24) is 0 Å². The zero-order chi connectivity index (χ0) is 31.7. The maximum atomic E-state index is 12.6. The third-order valence-electron chi connectivity index (χ3n) is 7.20. The smallest absolute Gasteiger partial charge is 0.480 e. The first kappa shape index (κ1) is 35.7. The Morgan fingerprint density at radius 3 is 1.78 bits per heavy atom. The Balaban J connectivity index is 3.44. The molecule has 1 rings (SSSR count). The van der Waals surface area contributed by atoms with E-state index in [4.69, 9.17) is 29.4 Å². The Morgan fingerprint density at radius 2 is 1.34 bits per heavy atom. The van der Waals surface area contributed by atoms with Gasteiger partial charge in [0, 0.05) is 5.92 Å². The first-order valence-electron chi connectivity index (χ1n) is 14.0. The van der Waals surface area contributed by atoms with Gasteiger partial charge in [0.15, 0.2) is 11.5 Å². The van der Waals surface area contributed by atoms with Crippen molar-refractivity contribution in [1.29, 1.82) is 0 Å². The molecule has 0 aromatic heterocycles. The van der Waals surface area contributed by atoms with Crippen LogP contribution in [0.15, 0.2) is 18.2 Å². The van der Waals surface area contributed by atoms with Crippen LogP contribution in [0.5, 0.6) is 11.5 Å². The Bertz CT molecular complexity index is 1070. The Morgan fingerprint density at radius 1 is 0.854 bits per heavy atom. The minimum atomic E-state index is -1.39. The predicted octanol–water partition coefficient (Wildman–Crippen LogP) is 6.20. The number of benzene rings is 1. The molecule has 232 valence electrons. The minimum Gasteiger partial charge on any atom is -0.480 e. The Labute approximate surface area is 243 Å². The minimum absolute atomic E-state index is 0.0592. The average molecular weight is 582 g/mol. The van der Waals surface area contributed by atoms with Crippen LogP contribution in [0.3, 0.4) is 0 Å². The van der Waals surface area contributed by atoms with Gasteiger partial charge in [0.2, 0.25) is 0 Å². The van der Waals surface area contributed by atoms with Crippen LogP contribution in [0, 0.1) is 11.8 Å². The fourth-order valence-corrected chi connectivity index (χ4v) is 3.38. The molecule has 0 radical (unpaired) electrons. The zero-order valence-electron chi connectivity index (χ0n) is 25.9. The van der Waals surface area contributed by atoms with Crippen molar-refractivity contribution in [2.45, 2.75) is 118 Å². The van der Waals surface area contributed by atoms with Crippen LogP contribution in [0.4, 0.5) is 9.59 Å². The molecule has 1 aromatic carbocycles. The van der Waals surface area contributed by atoms with E-state index in [0.29, 0.717) is 18.4 Å². The van der Waals surface area contributed by atoms with Crippen LogP contribution in [0.2, 0.25) is 0 Å². The fraction of sp³-hybridized carbons (Fsp3) is 0.667. The number of hydrogen-bond acceptors (Lipinski definition) is 10. The molecule has 0 saturated heterocycles. The summed E-state index contributed by atoms with van der Waals surface area (Å²) in [4.78, 5) is 49.6. The van der Waals surface area contributed by atoms with E-state index in [0.717, 1.165) is 0 Å². The van der Waals surface area contributed by atoms with Crippen LogP contribution >= 0.6 is 0 Å². The lowest BCUT2D eigenvalue weighted by atomic mass is 9.87. The number of carboxylic acids is 1. The fourth-order valence-electron chi connectivity index (χ4n) is 3.38. The average Bonchev–Trinajstić information content (AvgIpc) is 2.86. The van der Waals surface area contributed by atoms with Gasteiger partial charge in [-0.05, 0) is 77.5 Å². The van der Waals surface area contributed by atoms with Crippen molar-refractivity contribution in [2.24, 2.45) is 17.6 Å². The number of aliphatic carboxylic acids is 1. The van der Waals surface area contributed by atoms with E-state index in [-0.39, 0.29) is 29.8 Å². The molecule has 0 aliphatic heterocycles. The maximum Gasteiger partial charge on any atom is 0.514 e. The van der Waals surface area contributed by atoms with Gasteiger partial charge < -0.3 is 34.5 Å². The largest absolute Gasteiger partial charge is 0.514 e. The summed E-state index contributed by atoms with van der Waals surface area (Å²) >= 11 is 0. The molecule has 0 fully saturated rings. The SMILES string of the molecule is CCC(C)(C)OC(=O)Oc1ccc(C(CC(C)OC(=O)C(C)C(C)C)[C@H](N)C(=O)O)cc1OC(=O)OC(C)(C)CC. The van der Waals surface area contributed by atoms with Gasteiger partial charge in [-0.3, -0.25) is 9.59 Å². The molecule has 0 aliphatic rings. The molecule has 0 amide bonds. The molecule has 0 heterocycles. The molecular formula is C30H47NO10. The molecular weight excluding hydrogens is 534 g/mol. The van der Waals surface area contributed by atoms with Crippen LogP contribution < -0.4 is 15.2 Å². The Hall–Kier alpha value is -3.34. The van der Waals surface area contributed by atoms with Gasteiger partial charge in [0.1, 0.15) is 17.2 Å². The Kier molecular flexibility index (Phi) is 13.1. The molecule has 11 nitrogen and oxygen atoms in total. The second-order valence-electron chi connectivity index (χ2n) is 11.8. The quantitative estimate of drug-likeness (QED) is 0.146. The van der Waals surface area contributed by atoms with Gasteiger partial charge in [-0.1, -0.05) is 40.7 Å². The number of esters is 1. The molecule has 4 atom stereocenters. The molecule has 3 unspecified atom stereocenters. The predicted molar refractivity (Wildman–Crippen MR) is 152 cm³/mol. The summed E-state index contributed by atoms with van der Waals surface area (Å²) in [6.45, 7) is 17.7. The topological polar surface area (TPSA) is 161 Å².